The minimum absolute atomic E-state index is 0.0601. The molecule has 4 rings (SSSR count). The van der Waals surface area contributed by atoms with Crippen molar-refractivity contribution in [2.75, 3.05) is 0 Å². The van der Waals surface area contributed by atoms with Crippen molar-refractivity contribution in [3.05, 3.63) is 82.4 Å². The minimum atomic E-state index is -0.317. The van der Waals surface area contributed by atoms with Gasteiger partial charge in [0.15, 0.2) is 0 Å². The van der Waals surface area contributed by atoms with Crippen molar-refractivity contribution in [2.24, 2.45) is 5.10 Å². The lowest BCUT2D eigenvalue weighted by molar-refractivity contribution is 0.483. The Bertz CT molecular complexity index is 742. The molecule has 0 saturated heterocycles. The summed E-state index contributed by atoms with van der Waals surface area (Å²) in [7, 11) is 0. The van der Waals surface area contributed by atoms with Gasteiger partial charge in [-0.2, -0.15) is 5.10 Å². The molecule has 1 aliphatic rings. The van der Waals surface area contributed by atoms with Crippen molar-refractivity contribution in [1.29, 1.82) is 0 Å². The van der Waals surface area contributed by atoms with E-state index in [-0.39, 0.29) is 11.5 Å². The van der Waals surface area contributed by atoms with Gasteiger partial charge in [0.05, 0.1) is 29.7 Å². The van der Waals surface area contributed by atoms with Crippen molar-refractivity contribution in [2.45, 2.75) is 18.4 Å². The van der Waals surface area contributed by atoms with Gasteiger partial charge < -0.3 is 9.84 Å². The molecule has 0 amide bonds. The number of benzene rings is 1. The molecule has 2 atom stereocenters. The molecule has 4 heteroatoms. The highest BCUT2D eigenvalue weighted by Crippen LogP contribution is 2.48. The molecule has 2 aromatic heterocycles. The van der Waals surface area contributed by atoms with Crippen LogP contribution in [0.2, 0.25) is 0 Å². The molecule has 1 aromatic carbocycles. The van der Waals surface area contributed by atoms with Crippen LogP contribution in [0.3, 0.4) is 0 Å². The van der Waals surface area contributed by atoms with Crippen LogP contribution in [0.15, 0.2) is 76.0 Å². The second-order valence-corrected chi connectivity index (χ2v) is 6.42. The van der Waals surface area contributed by atoms with E-state index < -0.39 is 0 Å². The average Bonchev–Trinajstić information content (AvgIpc) is 3.29. The van der Waals surface area contributed by atoms with Gasteiger partial charge in [-0.25, -0.2) is 0 Å². The van der Waals surface area contributed by atoms with E-state index in [2.05, 4.69) is 59.2 Å². The van der Waals surface area contributed by atoms with Crippen LogP contribution in [0.1, 0.15) is 29.0 Å². The van der Waals surface area contributed by atoms with E-state index in [1.165, 1.54) is 10.4 Å². The topological polar surface area (TPSA) is 37.5 Å². The summed E-state index contributed by atoms with van der Waals surface area (Å²) in [5.74, 6) is 0. The minimum Gasteiger partial charge on any atom is -0.472 e. The molecular weight excluding hydrogens is 292 g/mol. The lowest BCUT2D eigenvalue weighted by atomic mass is 9.69. The number of nitrogens with zero attached hydrogens (tertiary/aromatic N) is 1. The highest BCUT2D eigenvalue weighted by molar-refractivity contribution is 7.10. The quantitative estimate of drug-likeness (QED) is 0.781. The number of hydrogen-bond donors (Lipinski definition) is 1. The summed E-state index contributed by atoms with van der Waals surface area (Å²) in [5.41, 5.74) is 6.44. The molecule has 0 radical (unpaired) electrons. The molecule has 22 heavy (non-hydrogen) atoms. The summed E-state index contributed by atoms with van der Waals surface area (Å²) in [4.78, 5) is 1.27. The Morgan fingerprint density at radius 3 is 2.68 bits per heavy atom. The first-order chi connectivity index (χ1) is 10.8. The predicted octanol–water partition coefficient (Wildman–Crippen LogP) is 4.35. The lowest BCUT2D eigenvalue weighted by Gasteiger charge is -2.34. The highest BCUT2D eigenvalue weighted by Gasteiger charge is 2.50. The number of nitrogens with one attached hydrogen (secondary N) is 1. The molecule has 1 aliphatic heterocycles. The Morgan fingerprint density at radius 2 is 2.00 bits per heavy atom. The third-order valence-electron chi connectivity index (χ3n) is 4.38. The number of hydrazone groups is 1. The molecule has 0 bridgehead atoms. The van der Waals surface area contributed by atoms with Crippen molar-refractivity contribution < 1.29 is 4.42 Å². The van der Waals surface area contributed by atoms with Crippen LogP contribution in [0.25, 0.3) is 0 Å². The van der Waals surface area contributed by atoms with Gasteiger partial charge in [0, 0.05) is 10.4 Å². The van der Waals surface area contributed by atoms with Gasteiger partial charge in [-0.1, -0.05) is 36.4 Å². The Balaban J connectivity index is 1.97. The standard InChI is InChI=1S/C18H16N2OS/c1-13-18(15-9-10-21-12-15,16-8-5-11-22-16)17(20-19-13)14-6-3-2-4-7-14/h2-12,17,20H,1H3. The smallest absolute Gasteiger partial charge is 0.0981 e. The number of rotatable bonds is 3. The Kier molecular flexibility index (Phi) is 3.12. The fraction of sp³-hybridized carbons (Fsp3) is 0.167. The summed E-state index contributed by atoms with van der Waals surface area (Å²) in [5, 5.41) is 6.71. The molecule has 3 nitrogen and oxygen atoms in total. The van der Waals surface area contributed by atoms with E-state index in [0.717, 1.165) is 11.3 Å². The highest BCUT2D eigenvalue weighted by atomic mass is 32.1. The van der Waals surface area contributed by atoms with Gasteiger partial charge in [0.25, 0.3) is 0 Å². The summed E-state index contributed by atoms with van der Waals surface area (Å²) in [6.45, 7) is 2.09. The van der Waals surface area contributed by atoms with E-state index in [0.29, 0.717) is 0 Å². The van der Waals surface area contributed by atoms with Crippen LogP contribution >= 0.6 is 11.3 Å². The fourth-order valence-electron chi connectivity index (χ4n) is 3.36. The van der Waals surface area contributed by atoms with Gasteiger partial charge >= 0.3 is 0 Å². The molecule has 3 heterocycles. The van der Waals surface area contributed by atoms with Crippen LogP contribution in [0, 0.1) is 0 Å². The first-order valence-electron chi connectivity index (χ1n) is 7.25. The van der Waals surface area contributed by atoms with Crippen molar-refractivity contribution >= 4 is 17.0 Å². The maximum Gasteiger partial charge on any atom is 0.0981 e. The molecule has 2 unspecified atom stereocenters. The Hall–Kier alpha value is -2.33. The molecule has 0 spiro atoms. The lowest BCUT2D eigenvalue weighted by Crippen LogP contribution is -2.39. The molecule has 0 fully saturated rings. The monoisotopic (exact) mass is 308 g/mol. The summed E-state index contributed by atoms with van der Waals surface area (Å²) in [6.07, 6.45) is 3.57. The van der Waals surface area contributed by atoms with Crippen LogP contribution in [0.5, 0.6) is 0 Å². The van der Waals surface area contributed by atoms with Crippen molar-refractivity contribution in [3.63, 3.8) is 0 Å². The summed E-state index contributed by atoms with van der Waals surface area (Å²) < 4.78 is 5.40. The Morgan fingerprint density at radius 1 is 1.14 bits per heavy atom. The van der Waals surface area contributed by atoms with E-state index in [1.807, 2.05) is 18.4 Å². The molecule has 3 aromatic rings. The maximum absolute atomic E-state index is 5.40. The number of thiophene rings is 1. The van der Waals surface area contributed by atoms with Gasteiger partial charge in [0.2, 0.25) is 0 Å². The second-order valence-electron chi connectivity index (χ2n) is 5.47. The molecule has 0 saturated carbocycles. The first-order valence-corrected chi connectivity index (χ1v) is 8.13. The van der Waals surface area contributed by atoms with Gasteiger partial charge in [-0.05, 0) is 30.0 Å². The largest absolute Gasteiger partial charge is 0.472 e. The van der Waals surface area contributed by atoms with E-state index in [1.54, 1.807) is 17.6 Å². The van der Waals surface area contributed by atoms with Gasteiger partial charge in [0.1, 0.15) is 0 Å². The van der Waals surface area contributed by atoms with E-state index in [4.69, 9.17) is 4.42 Å². The van der Waals surface area contributed by atoms with Crippen LogP contribution in [-0.2, 0) is 5.41 Å². The third kappa shape index (κ3) is 1.77. The fourth-order valence-corrected chi connectivity index (χ4v) is 4.39. The molecule has 110 valence electrons. The summed E-state index contributed by atoms with van der Waals surface area (Å²) >= 11 is 1.76. The number of hydrogen-bond acceptors (Lipinski definition) is 4. The SMILES string of the molecule is CC1=NNC(c2ccccc2)C1(c1ccoc1)c1cccs1. The normalized spacial score (nSPS) is 24.0. The molecule has 1 N–H and O–H groups in total. The van der Waals surface area contributed by atoms with Crippen LogP contribution < -0.4 is 5.43 Å². The van der Waals surface area contributed by atoms with Crippen molar-refractivity contribution in [3.8, 4) is 0 Å². The zero-order valence-corrected chi connectivity index (χ0v) is 13.0. The van der Waals surface area contributed by atoms with E-state index >= 15 is 0 Å². The van der Waals surface area contributed by atoms with Crippen LogP contribution in [-0.4, -0.2) is 5.71 Å². The average molecular weight is 308 g/mol. The number of furan rings is 1. The Labute approximate surface area is 133 Å². The second kappa shape index (κ2) is 5.14. The predicted molar refractivity (Wildman–Crippen MR) is 89.2 cm³/mol. The van der Waals surface area contributed by atoms with Gasteiger partial charge in [-0.15, -0.1) is 11.3 Å². The first kappa shape index (κ1) is 13.3. The zero-order valence-electron chi connectivity index (χ0n) is 12.2. The molecular formula is C18H16N2OS. The molecule has 0 aliphatic carbocycles. The maximum atomic E-state index is 5.40. The zero-order chi connectivity index (χ0) is 15.0. The summed E-state index contributed by atoms with van der Waals surface area (Å²) in [6, 6.07) is 16.8. The van der Waals surface area contributed by atoms with E-state index in [9.17, 15) is 0 Å². The third-order valence-corrected chi connectivity index (χ3v) is 5.39. The van der Waals surface area contributed by atoms with Crippen molar-refractivity contribution in [1.82, 2.24) is 5.43 Å². The van der Waals surface area contributed by atoms with Crippen LogP contribution in [0.4, 0.5) is 0 Å². The van der Waals surface area contributed by atoms with Gasteiger partial charge in [-0.3, -0.25) is 0 Å².